The van der Waals surface area contributed by atoms with Crippen molar-refractivity contribution in [3.8, 4) is 5.69 Å². The minimum absolute atomic E-state index is 0.538. The van der Waals surface area contributed by atoms with Crippen molar-refractivity contribution >= 4 is 41.0 Å². The number of benzene rings is 2. The van der Waals surface area contributed by atoms with Crippen LogP contribution >= 0.6 is 34.8 Å². The molecule has 3 aromatic rings. The van der Waals surface area contributed by atoms with E-state index in [0.29, 0.717) is 16.6 Å². The van der Waals surface area contributed by atoms with E-state index >= 15 is 0 Å². The zero-order valence-corrected chi connectivity index (χ0v) is 16.7. The van der Waals surface area contributed by atoms with Crippen LogP contribution in [0, 0.1) is 13.8 Å². The third-order valence-corrected chi connectivity index (χ3v) is 5.19. The predicted molar refractivity (Wildman–Crippen MR) is 111 cm³/mol. The smallest absolute Gasteiger partial charge is 0.0832 e. The van der Waals surface area contributed by atoms with Crippen LogP contribution in [0.15, 0.2) is 53.6 Å². The minimum atomic E-state index is 0.538. The van der Waals surface area contributed by atoms with Crippen LogP contribution in [0.5, 0.6) is 0 Å². The molecule has 3 nitrogen and oxygen atoms in total. The summed E-state index contributed by atoms with van der Waals surface area (Å²) in [6.07, 6.45) is 1.81. The molecule has 3 rings (SSSR count). The second kappa shape index (κ2) is 8.17. The van der Waals surface area contributed by atoms with Gasteiger partial charge in [-0.2, -0.15) is 5.10 Å². The Hall–Kier alpha value is -1.94. The average molecular weight is 407 g/mol. The Morgan fingerprint density at radius 2 is 1.77 bits per heavy atom. The summed E-state index contributed by atoms with van der Waals surface area (Å²) in [7, 11) is 0. The van der Waals surface area contributed by atoms with Gasteiger partial charge in [-0.15, -0.1) is 0 Å². The normalized spacial score (nSPS) is 11.3. The van der Waals surface area contributed by atoms with Gasteiger partial charge in [-0.05, 0) is 49.7 Å². The molecule has 0 amide bonds. The quantitative estimate of drug-likeness (QED) is 0.398. The zero-order valence-electron chi connectivity index (χ0n) is 14.4. The van der Waals surface area contributed by atoms with Gasteiger partial charge in [0.1, 0.15) is 0 Å². The van der Waals surface area contributed by atoms with Crippen molar-refractivity contribution in [1.29, 1.82) is 0 Å². The molecular weight excluding hydrogens is 389 g/mol. The van der Waals surface area contributed by atoms with Crippen molar-refractivity contribution in [2.24, 2.45) is 5.10 Å². The molecule has 0 saturated carbocycles. The van der Waals surface area contributed by atoms with Gasteiger partial charge in [-0.1, -0.05) is 53.0 Å². The Labute approximate surface area is 168 Å². The first-order valence-electron chi connectivity index (χ1n) is 8.11. The molecular formula is C20H18Cl3N3. The molecule has 0 unspecified atom stereocenters. The fourth-order valence-electron chi connectivity index (χ4n) is 2.81. The monoisotopic (exact) mass is 405 g/mol. The number of hydrazone groups is 1. The summed E-state index contributed by atoms with van der Waals surface area (Å²) in [4.78, 5) is 0. The van der Waals surface area contributed by atoms with Crippen molar-refractivity contribution in [1.82, 2.24) is 9.99 Å². The zero-order chi connectivity index (χ0) is 18.7. The van der Waals surface area contributed by atoms with Crippen LogP contribution in [0.4, 0.5) is 0 Å². The SMILES string of the molecule is Cc1cc(/C=N\NCc2ccc(Cl)cc2)c(C)n1-c1cccc(Cl)c1Cl. The molecule has 134 valence electrons. The third-order valence-electron chi connectivity index (χ3n) is 4.13. The molecule has 0 aliphatic rings. The molecule has 0 radical (unpaired) electrons. The van der Waals surface area contributed by atoms with Crippen LogP contribution in [-0.4, -0.2) is 10.8 Å². The van der Waals surface area contributed by atoms with Gasteiger partial charge in [0.05, 0.1) is 28.5 Å². The second-order valence-electron chi connectivity index (χ2n) is 5.95. The first-order chi connectivity index (χ1) is 12.5. The second-order valence-corrected chi connectivity index (χ2v) is 7.18. The number of rotatable bonds is 5. The standard InChI is InChI=1S/C20H18Cl3N3/c1-13-10-16(12-25-24-11-15-6-8-17(21)9-7-15)14(2)26(13)19-5-3-4-18(22)20(19)23/h3-10,12,24H,11H2,1-2H3/b25-12-. The van der Waals surface area contributed by atoms with Gasteiger partial charge in [-0.3, -0.25) is 0 Å². The lowest BCUT2D eigenvalue weighted by molar-refractivity contribution is 0.748. The molecule has 1 heterocycles. The molecule has 0 bridgehead atoms. The summed E-state index contributed by atoms with van der Waals surface area (Å²) in [5, 5.41) is 6.13. The lowest BCUT2D eigenvalue weighted by atomic mass is 10.2. The van der Waals surface area contributed by atoms with Gasteiger partial charge >= 0.3 is 0 Å². The molecule has 1 N–H and O–H groups in total. The Morgan fingerprint density at radius 3 is 2.50 bits per heavy atom. The molecule has 0 aliphatic heterocycles. The van der Waals surface area contributed by atoms with E-state index in [1.807, 2.05) is 56.5 Å². The molecule has 1 aromatic heterocycles. The molecule has 26 heavy (non-hydrogen) atoms. The largest absolute Gasteiger partial charge is 0.316 e. The van der Waals surface area contributed by atoms with Gasteiger partial charge in [0, 0.05) is 22.0 Å². The van der Waals surface area contributed by atoms with E-state index in [0.717, 1.165) is 33.2 Å². The first-order valence-corrected chi connectivity index (χ1v) is 9.24. The van der Waals surface area contributed by atoms with Crippen LogP contribution in [0.25, 0.3) is 5.69 Å². The fraction of sp³-hybridized carbons (Fsp3) is 0.150. The maximum atomic E-state index is 6.38. The highest BCUT2D eigenvalue weighted by Crippen LogP contribution is 2.31. The van der Waals surface area contributed by atoms with E-state index in [9.17, 15) is 0 Å². The molecule has 0 atom stereocenters. The van der Waals surface area contributed by atoms with Gasteiger partial charge in [0.15, 0.2) is 0 Å². The molecule has 0 fully saturated rings. The number of hydrogen-bond acceptors (Lipinski definition) is 2. The van der Waals surface area contributed by atoms with Gasteiger partial charge in [0.2, 0.25) is 0 Å². The molecule has 0 aliphatic carbocycles. The average Bonchev–Trinajstić information content (AvgIpc) is 2.90. The highest BCUT2D eigenvalue weighted by molar-refractivity contribution is 6.43. The topological polar surface area (TPSA) is 29.3 Å². The van der Waals surface area contributed by atoms with Gasteiger partial charge < -0.3 is 9.99 Å². The van der Waals surface area contributed by atoms with E-state index < -0.39 is 0 Å². The maximum Gasteiger partial charge on any atom is 0.0832 e. The van der Waals surface area contributed by atoms with Crippen molar-refractivity contribution in [2.75, 3.05) is 0 Å². The first kappa shape index (κ1) is 18.8. The number of halogens is 3. The highest BCUT2D eigenvalue weighted by atomic mass is 35.5. The maximum absolute atomic E-state index is 6.38. The number of nitrogens with one attached hydrogen (secondary N) is 1. The van der Waals surface area contributed by atoms with Gasteiger partial charge in [-0.25, -0.2) is 0 Å². The lowest BCUT2D eigenvalue weighted by Gasteiger charge is -2.12. The number of aryl methyl sites for hydroxylation is 1. The van der Waals surface area contributed by atoms with E-state index in [-0.39, 0.29) is 0 Å². The number of nitrogens with zero attached hydrogens (tertiary/aromatic N) is 2. The third kappa shape index (κ3) is 4.07. The Bertz CT molecular complexity index is 944. The van der Waals surface area contributed by atoms with Crippen molar-refractivity contribution < 1.29 is 0 Å². The van der Waals surface area contributed by atoms with Crippen molar-refractivity contribution in [3.05, 3.63) is 86.1 Å². The Kier molecular flexibility index (Phi) is 5.92. The van der Waals surface area contributed by atoms with Gasteiger partial charge in [0.25, 0.3) is 0 Å². The predicted octanol–water partition coefficient (Wildman–Crippen LogP) is 6.18. The molecule has 0 saturated heterocycles. The van der Waals surface area contributed by atoms with E-state index in [1.165, 1.54) is 0 Å². The van der Waals surface area contributed by atoms with Crippen LogP contribution in [0.1, 0.15) is 22.5 Å². The van der Waals surface area contributed by atoms with Crippen LogP contribution in [-0.2, 0) is 6.54 Å². The summed E-state index contributed by atoms with van der Waals surface area (Å²) >= 11 is 18.4. The summed E-state index contributed by atoms with van der Waals surface area (Å²) in [5.74, 6) is 0. The fourth-order valence-corrected chi connectivity index (χ4v) is 3.31. The molecule has 2 aromatic carbocycles. The number of aromatic nitrogens is 1. The summed E-state index contributed by atoms with van der Waals surface area (Å²) in [5.41, 5.74) is 8.16. The lowest BCUT2D eigenvalue weighted by Crippen LogP contribution is -2.05. The van der Waals surface area contributed by atoms with Crippen LogP contribution < -0.4 is 5.43 Å². The van der Waals surface area contributed by atoms with E-state index in [1.54, 1.807) is 6.07 Å². The van der Waals surface area contributed by atoms with Crippen LogP contribution in [0.2, 0.25) is 15.1 Å². The summed E-state index contributed by atoms with van der Waals surface area (Å²) in [6.45, 7) is 4.69. The summed E-state index contributed by atoms with van der Waals surface area (Å²) < 4.78 is 2.08. The number of hydrogen-bond donors (Lipinski definition) is 1. The van der Waals surface area contributed by atoms with Crippen LogP contribution in [0.3, 0.4) is 0 Å². The van der Waals surface area contributed by atoms with Crippen molar-refractivity contribution in [3.63, 3.8) is 0 Å². The Balaban J connectivity index is 1.77. The molecule has 6 heteroatoms. The van der Waals surface area contributed by atoms with Crippen molar-refractivity contribution in [2.45, 2.75) is 20.4 Å². The van der Waals surface area contributed by atoms with E-state index in [2.05, 4.69) is 21.2 Å². The summed E-state index contributed by atoms with van der Waals surface area (Å²) in [6, 6.07) is 15.4. The molecule has 0 spiro atoms. The Morgan fingerprint density at radius 1 is 1.04 bits per heavy atom. The minimum Gasteiger partial charge on any atom is -0.316 e. The van der Waals surface area contributed by atoms with E-state index in [4.69, 9.17) is 34.8 Å². The highest BCUT2D eigenvalue weighted by Gasteiger charge is 2.13.